The van der Waals surface area contributed by atoms with E-state index < -0.39 is 0 Å². The average Bonchev–Trinajstić information content (AvgIpc) is 3.89. The maximum atomic E-state index is 10.6. The highest BCUT2D eigenvalue weighted by Gasteiger charge is 2.21. The second-order valence-corrected chi connectivity index (χ2v) is 14.0. The fourth-order valence-electron chi connectivity index (χ4n) is 8.77. The van der Waals surface area contributed by atoms with E-state index in [-0.39, 0.29) is 0 Å². The number of para-hydroxylation sites is 4. The smallest absolute Gasteiger partial charge is 0.101 e. The molecule has 0 radical (unpaired) electrons. The van der Waals surface area contributed by atoms with E-state index in [0.717, 1.165) is 82.8 Å². The number of benzene rings is 8. The summed E-state index contributed by atoms with van der Waals surface area (Å²) in [4.78, 5) is 0. The molecule has 8 aromatic carbocycles. The van der Waals surface area contributed by atoms with Crippen molar-refractivity contribution in [3.05, 3.63) is 187 Å². The molecular weight excluding hydrogens is 671 g/mol. The molecule has 0 aliphatic carbocycles. The summed E-state index contributed by atoms with van der Waals surface area (Å²) >= 11 is 0. The first-order valence-electron chi connectivity index (χ1n) is 18.3. The van der Waals surface area contributed by atoms with Crippen molar-refractivity contribution in [2.45, 2.75) is 0 Å². The highest BCUT2D eigenvalue weighted by Crippen LogP contribution is 2.41. The lowest BCUT2D eigenvalue weighted by atomic mass is 10.0. The molecule has 0 fully saturated rings. The van der Waals surface area contributed by atoms with Crippen LogP contribution in [0, 0.1) is 22.7 Å². The number of nitriles is 2. The lowest BCUT2D eigenvalue weighted by molar-refractivity contribution is 1.16. The number of hydrogen-bond acceptors (Lipinski definition) is 2. The molecule has 11 aromatic rings. The summed E-state index contributed by atoms with van der Waals surface area (Å²) in [5, 5.41) is 27.4. The molecule has 0 aliphatic heterocycles. The van der Waals surface area contributed by atoms with Gasteiger partial charge in [0.2, 0.25) is 0 Å². The predicted octanol–water partition coefficient (Wildman–Crippen LogP) is 12.4. The minimum Gasteiger partial charge on any atom is -0.309 e. The monoisotopic (exact) mass is 699 g/mol. The maximum Gasteiger partial charge on any atom is 0.101 e. The molecule has 3 aromatic heterocycles. The molecule has 0 N–H and O–H groups in total. The SMILES string of the molecule is N#Cc1ccc2c(c1)c1c(-n3c4ccccc4c4ccccc43)cccc1n2-c1cccc(-c2ccc(-n3c4ccccc4c4ccccc43)c(C#N)c2)c1. The van der Waals surface area contributed by atoms with Crippen molar-refractivity contribution in [1.29, 1.82) is 10.5 Å². The molecule has 0 saturated heterocycles. The molecule has 5 nitrogen and oxygen atoms in total. The van der Waals surface area contributed by atoms with Crippen molar-refractivity contribution in [3.63, 3.8) is 0 Å². The zero-order chi connectivity index (χ0) is 36.6. The average molecular weight is 700 g/mol. The molecular formula is C50H29N5. The van der Waals surface area contributed by atoms with Crippen LogP contribution < -0.4 is 0 Å². The number of rotatable bonds is 4. The van der Waals surface area contributed by atoms with Crippen LogP contribution in [0.5, 0.6) is 0 Å². The van der Waals surface area contributed by atoms with E-state index in [9.17, 15) is 10.5 Å². The predicted molar refractivity (Wildman–Crippen MR) is 224 cm³/mol. The van der Waals surface area contributed by atoms with Gasteiger partial charge < -0.3 is 13.7 Å². The Bertz CT molecular complexity index is 3360. The van der Waals surface area contributed by atoms with Crippen LogP contribution in [0.3, 0.4) is 0 Å². The van der Waals surface area contributed by atoms with Crippen molar-refractivity contribution < 1.29 is 0 Å². The van der Waals surface area contributed by atoms with Gasteiger partial charge in [0.25, 0.3) is 0 Å². The van der Waals surface area contributed by atoms with E-state index in [1.807, 2.05) is 30.3 Å². The van der Waals surface area contributed by atoms with Crippen LogP contribution >= 0.6 is 0 Å². The third-order valence-corrected chi connectivity index (χ3v) is 11.1. The van der Waals surface area contributed by atoms with Crippen LogP contribution in [0.25, 0.3) is 93.6 Å². The summed E-state index contributed by atoms with van der Waals surface area (Å²) in [5.74, 6) is 0. The van der Waals surface area contributed by atoms with Gasteiger partial charge in [-0.1, -0.05) is 97.1 Å². The first-order valence-corrected chi connectivity index (χ1v) is 18.3. The molecule has 0 bridgehead atoms. The first kappa shape index (κ1) is 30.7. The van der Waals surface area contributed by atoms with E-state index in [1.165, 1.54) is 10.8 Å². The molecule has 55 heavy (non-hydrogen) atoms. The largest absolute Gasteiger partial charge is 0.309 e. The minimum atomic E-state index is 0.603. The van der Waals surface area contributed by atoms with Gasteiger partial charge in [0.05, 0.1) is 61.7 Å². The Morgan fingerprint density at radius 2 is 0.873 bits per heavy atom. The van der Waals surface area contributed by atoms with Gasteiger partial charge in [-0.15, -0.1) is 0 Å². The Balaban J connectivity index is 1.12. The van der Waals surface area contributed by atoms with Crippen molar-refractivity contribution in [2.24, 2.45) is 0 Å². The van der Waals surface area contributed by atoms with Crippen LogP contribution in [0.2, 0.25) is 0 Å². The van der Waals surface area contributed by atoms with Crippen LogP contribution in [-0.4, -0.2) is 13.7 Å². The van der Waals surface area contributed by atoms with E-state index in [4.69, 9.17) is 0 Å². The van der Waals surface area contributed by atoms with Crippen molar-refractivity contribution in [3.8, 4) is 40.3 Å². The summed E-state index contributed by atoms with van der Waals surface area (Å²) in [6.07, 6.45) is 0. The molecule has 0 unspecified atom stereocenters. The summed E-state index contributed by atoms with van der Waals surface area (Å²) < 4.78 is 6.85. The van der Waals surface area contributed by atoms with E-state index in [1.54, 1.807) is 0 Å². The second-order valence-electron chi connectivity index (χ2n) is 14.0. The number of aromatic nitrogens is 3. The molecule has 254 valence electrons. The lowest BCUT2D eigenvalue weighted by Gasteiger charge is -2.14. The van der Waals surface area contributed by atoms with E-state index in [0.29, 0.717) is 11.1 Å². The molecule has 0 amide bonds. The highest BCUT2D eigenvalue weighted by molar-refractivity contribution is 6.17. The van der Waals surface area contributed by atoms with Crippen molar-refractivity contribution >= 4 is 65.4 Å². The highest BCUT2D eigenvalue weighted by atomic mass is 15.0. The van der Waals surface area contributed by atoms with Gasteiger partial charge in [0.1, 0.15) is 6.07 Å². The van der Waals surface area contributed by atoms with Crippen molar-refractivity contribution in [1.82, 2.24) is 13.7 Å². The normalized spacial score (nSPS) is 11.6. The van der Waals surface area contributed by atoms with Gasteiger partial charge >= 0.3 is 0 Å². The quantitative estimate of drug-likeness (QED) is 0.184. The molecule has 0 saturated carbocycles. The van der Waals surface area contributed by atoms with Crippen molar-refractivity contribution in [2.75, 3.05) is 0 Å². The first-order chi connectivity index (χ1) is 27.2. The zero-order valence-electron chi connectivity index (χ0n) is 29.5. The molecule has 0 spiro atoms. The fraction of sp³-hybridized carbons (Fsp3) is 0. The number of fused-ring (bicyclic) bond motifs is 9. The standard InChI is InChI=1S/C50H29N5/c51-30-32-23-25-47-41(27-32)50-48(21-10-22-49(50)55-45-19-7-3-15-39(45)40-16-4-8-20-46(40)55)53(47)36-12-9-11-33(29-36)34-24-26-42(35(28-34)31-52)54-43-17-5-1-13-37(43)38-14-2-6-18-44(38)54/h1-29H. The van der Waals surface area contributed by atoms with Gasteiger partial charge in [-0.25, -0.2) is 0 Å². The minimum absolute atomic E-state index is 0.603. The Kier molecular flexibility index (Phi) is 6.61. The van der Waals surface area contributed by atoms with Gasteiger partial charge in [-0.2, -0.15) is 10.5 Å². The topological polar surface area (TPSA) is 62.4 Å². The van der Waals surface area contributed by atoms with Crippen LogP contribution in [0.15, 0.2) is 176 Å². The van der Waals surface area contributed by atoms with Gasteiger partial charge in [-0.3, -0.25) is 0 Å². The Hall–Kier alpha value is -7.86. The zero-order valence-corrected chi connectivity index (χ0v) is 29.5. The van der Waals surface area contributed by atoms with E-state index in [2.05, 4.69) is 171 Å². The fourth-order valence-corrected chi connectivity index (χ4v) is 8.77. The summed E-state index contributed by atoms with van der Waals surface area (Å²) in [5.41, 5.74) is 12.6. The molecule has 3 heterocycles. The number of hydrogen-bond donors (Lipinski definition) is 0. The Labute approximate surface area is 316 Å². The summed E-state index contributed by atoms with van der Waals surface area (Å²) in [7, 11) is 0. The summed E-state index contributed by atoms with van der Waals surface area (Å²) in [6.45, 7) is 0. The third kappa shape index (κ3) is 4.45. The molecule has 11 rings (SSSR count). The van der Waals surface area contributed by atoms with Crippen LogP contribution in [0.4, 0.5) is 0 Å². The third-order valence-electron chi connectivity index (χ3n) is 11.1. The van der Waals surface area contributed by atoms with Gasteiger partial charge in [0, 0.05) is 38.0 Å². The number of nitrogens with zero attached hydrogens (tertiary/aromatic N) is 5. The maximum absolute atomic E-state index is 10.6. The van der Waals surface area contributed by atoms with Gasteiger partial charge in [0.15, 0.2) is 0 Å². The summed E-state index contributed by atoms with van der Waals surface area (Å²) in [6, 6.07) is 65.9. The van der Waals surface area contributed by atoms with Crippen LogP contribution in [0.1, 0.15) is 11.1 Å². The molecule has 5 heteroatoms. The molecule has 0 aliphatic rings. The Morgan fingerprint density at radius 3 is 1.47 bits per heavy atom. The second kappa shape index (κ2) is 11.8. The van der Waals surface area contributed by atoms with Gasteiger partial charge in [-0.05, 0) is 90.0 Å². The lowest BCUT2D eigenvalue weighted by Crippen LogP contribution is -1.98. The van der Waals surface area contributed by atoms with E-state index >= 15 is 0 Å². The van der Waals surface area contributed by atoms with Crippen LogP contribution in [-0.2, 0) is 0 Å². The Morgan fingerprint density at radius 1 is 0.345 bits per heavy atom. The molecule has 0 atom stereocenters.